The molecule has 1 aliphatic heterocycles. The quantitative estimate of drug-likeness (QED) is 0.866. The van der Waals surface area contributed by atoms with Crippen molar-refractivity contribution >= 4 is 41.0 Å². The molecule has 9 heteroatoms. The van der Waals surface area contributed by atoms with E-state index in [4.69, 9.17) is 28.3 Å². The van der Waals surface area contributed by atoms with E-state index < -0.39 is 5.97 Å². The Bertz CT molecular complexity index is 562. The summed E-state index contributed by atoms with van der Waals surface area (Å²) in [5, 5.41) is 12.1. The summed E-state index contributed by atoms with van der Waals surface area (Å²) in [6.07, 6.45) is 1.45. The van der Waals surface area contributed by atoms with Crippen molar-refractivity contribution in [2.24, 2.45) is 0 Å². The number of anilines is 1. The third-order valence-electron chi connectivity index (χ3n) is 3.27. The molecule has 1 fully saturated rings. The molecule has 1 aliphatic rings. The number of urea groups is 1. The Morgan fingerprint density at radius 3 is 2.55 bits per heavy atom. The molecule has 0 saturated carbocycles. The third-order valence-corrected chi connectivity index (χ3v) is 3.75. The molecule has 0 unspecified atom stereocenters. The summed E-state index contributed by atoms with van der Waals surface area (Å²) in [6.45, 7) is 2.35. The molecule has 0 bridgehead atoms. The maximum Gasteiger partial charge on any atom is 0.317 e. The molecular weight excluding hydrogens is 331 g/mol. The molecule has 1 saturated heterocycles. The average molecular weight is 347 g/mol. The first-order chi connectivity index (χ1) is 10.5. The number of nitrogens with zero attached hydrogens (tertiary/aromatic N) is 3. The Balaban J connectivity index is 1.84. The second-order valence-electron chi connectivity index (χ2n) is 4.81. The lowest BCUT2D eigenvalue weighted by atomic mass is 10.3. The monoisotopic (exact) mass is 346 g/mol. The van der Waals surface area contributed by atoms with Gasteiger partial charge in [-0.25, -0.2) is 9.78 Å². The molecule has 120 valence electrons. The van der Waals surface area contributed by atoms with Gasteiger partial charge in [0.2, 0.25) is 0 Å². The van der Waals surface area contributed by atoms with Gasteiger partial charge in [0.25, 0.3) is 0 Å². The van der Waals surface area contributed by atoms with Gasteiger partial charge in [-0.3, -0.25) is 4.79 Å². The van der Waals surface area contributed by atoms with Crippen LogP contribution < -0.4 is 10.2 Å². The predicted octanol–water partition coefficient (Wildman–Crippen LogP) is 1.69. The molecule has 2 rings (SSSR count). The zero-order chi connectivity index (χ0) is 16.1. The van der Waals surface area contributed by atoms with E-state index in [0.717, 1.165) is 0 Å². The first kappa shape index (κ1) is 16.6. The SMILES string of the molecule is O=C(O)CCNC(=O)N1CCN(c2ncc(Cl)cc2Cl)CC1. The fourth-order valence-electron chi connectivity index (χ4n) is 2.15. The van der Waals surface area contributed by atoms with E-state index in [2.05, 4.69) is 10.3 Å². The van der Waals surface area contributed by atoms with Crippen LogP contribution in [0.3, 0.4) is 0 Å². The van der Waals surface area contributed by atoms with Crippen LogP contribution in [-0.4, -0.2) is 59.7 Å². The van der Waals surface area contributed by atoms with Gasteiger partial charge < -0.3 is 20.2 Å². The van der Waals surface area contributed by atoms with Crippen molar-refractivity contribution in [3.63, 3.8) is 0 Å². The van der Waals surface area contributed by atoms with E-state index >= 15 is 0 Å². The fourth-order valence-corrected chi connectivity index (χ4v) is 2.65. The van der Waals surface area contributed by atoms with Crippen molar-refractivity contribution in [3.05, 3.63) is 22.3 Å². The highest BCUT2D eigenvalue weighted by Gasteiger charge is 2.23. The minimum absolute atomic E-state index is 0.0873. The minimum atomic E-state index is -0.937. The molecule has 0 aliphatic carbocycles. The lowest BCUT2D eigenvalue weighted by molar-refractivity contribution is -0.136. The lowest BCUT2D eigenvalue weighted by Crippen LogP contribution is -2.52. The van der Waals surface area contributed by atoms with Crippen LogP contribution in [-0.2, 0) is 4.79 Å². The van der Waals surface area contributed by atoms with E-state index in [1.165, 1.54) is 6.20 Å². The van der Waals surface area contributed by atoms with Crippen molar-refractivity contribution < 1.29 is 14.7 Å². The summed E-state index contributed by atoms with van der Waals surface area (Å²) >= 11 is 11.9. The molecule has 0 spiro atoms. The van der Waals surface area contributed by atoms with Gasteiger partial charge in [0, 0.05) is 38.9 Å². The molecule has 22 heavy (non-hydrogen) atoms. The van der Waals surface area contributed by atoms with Gasteiger partial charge in [-0.2, -0.15) is 0 Å². The Labute approximate surface area is 137 Å². The maximum atomic E-state index is 11.9. The molecule has 7 nitrogen and oxygen atoms in total. The van der Waals surface area contributed by atoms with Gasteiger partial charge in [-0.1, -0.05) is 23.2 Å². The van der Waals surface area contributed by atoms with Gasteiger partial charge in [0.1, 0.15) is 5.82 Å². The number of carboxylic acids is 1. The summed E-state index contributed by atoms with van der Waals surface area (Å²) in [5.74, 6) is -0.287. The van der Waals surface area contributed by atoms with Crippen LogP contribution in [0.2, 0.25) is 10.0 Å². The minimum Gasteiger partial charge on any atom is -0.481 e. The highest BCUT2D eigenvalue weighted by atomic mass is 35.5. The first-order valence-electron chi connectivity index (χ1n) is 6.78. The second kappa shape index (κ2) is 7.51. The first-order valence-corrected chi connectivity index (χ1v) is 7.53. The van der Waals surface area contributed by atoms with Crippen molar-refractivity contribution in [1.82, 2.24) is 15.2 Å². The van der Waals surface area contributed by atoms with Crippen molar-refractivity contribution in [1.29, 1.82) is 0 Å². The van der Waals surface area contributed by atoms with Crippen LogP contribution in [0, 0.1) is 0 Å². The zero-order valence-electron chi connectivity index (χ0n) is 11.8. The lowest BCUT2D eigenvalue weighted by Gasteiger charge is -2.35. The Morgan fingerprint density at radius 1 is 1.27 bits per heavy atom. The number of carboxylic acid groups (broad SMARTS) is 1. The summed E-state index contributed by atoms with van der Waals surface area (Å²) < 4.78 is 0. The molecule has 1 aromatic rings. The number of halogens is 2. The van der Waals surface area contributed by atoms with Crippen molar-refractivity contribution in [2.75, 3.05) is 37.6 Å². The van der Waals surface area contributed by atoms with Gasteiger partial charge >= 0.3 is 12.0 Å². The van der Waals surface area contributed by atoms with E-state index in [9.17, 15) is 9.59 Å². The number of nitrogens with one attached hydrogen (secondary N) is 1. The molecule has 0 radical (unpaired) electrons. The molecule has 2 amide bonds. The Morgan fingerprint density at radius 2 is 1.95 bits per heavy atom. The molecular formula is C13H16Cl2N4O3. The van der Waals surface area contributed by atoms with Crippen molar-refractivity contribution in [2.45, 2.75) is 6.42 Å². The van der Waals surface area contributed by atoms with Crippen LogP contribution in [0.4, 0.5) is 10.6 Å². The summed E-state index contributed by atoms with van der Waals surface area (Å²) in [4.78, 5) is 30.1. The van der Waals surface area contributed by atoms with Crippen LogP contribution >= 0.6 is 23.2 Å². The molecule has 2 heterocycles. The van der Waals surface area contributed by atoms with E-state index in [0.29, 0.717) is 42.0 Å². The van der Waals surface area contributed by atoms with Gasteiger partial charge in [0.15, 0.2) is 0 Å². The van der Waals surface area contributed by atoms with Crippen molar-refractivity contribution in [3.8, 4) is 0 Å². The summed E-state index contributed by atoms with van der Waals surface area (Å²) in [6, 6.07) is 1.38. The van der Waals surface area contributed by atoms with Gasteiger partial charge in [0.05, 0.1) is 16.5 Å². The number of carbonyl (C=O) groups is 2. The number of amides is 2. The molecule has 2 N–H and O–H groups in total. The van der Waals surface area contributed by atoms with E-state index in [1.807, 2.05) is 4.90 Å². The smallest absolute Gasteiger partial charge is 0.317 e. The van der Waals surface area contributed by atoms with Gasteiger partial charge in [-0.05, 0) is 6.07 Å². The van der Waals surface area contributed by atoms with Crippen LogP contribution in [0.5, 0.6) is 0 Å². The topological polar surface area (TPSA) is 85.8 Å². The number of aliphatic carboxylic acids is 1. The zero-order valence-corrected chi connectivity index (χ0v) is 13.3. The number of piperazine rings is 1. The predicted molar refractivity (Wildman–Crippen MR) is 83.7 cm³/mol. The number of pyridine rings is 1. The van der Waals surface area contributed by atoms with E-state index in [1.54, 1.807) is 11.0 Å². The fraction of sp³-hybridized carbons (Fsp3) is 0.462. The molecule has 0 aromatic carbocycles. The van der Waals surface area contributed by atoms with Gasteiger partial charge in [-0.15, -0.1) is 0 Å². The largest absolute Gasteiger partial charge is 0.481 e. The van der Waals surface area contributed by atoms with Crippen LogP contribution in [0.15, 0.2) is 12.3 Å². The Hall–Kier alpha value is -1.73. The second-order valence-corrected chi connectivity index (χ2v) is 5.65. The highest BCUT2D eigenvalue weighted by Crippen LogP contribution is 2.26. The summed E-state index contributed by atoms with van der Waals surface area (Å²) in [5.41, 5.74) is 0. The third kappa shape index (κ3) is 4.38. The molecule has 0 atom stereocenters. The number of aromatic nitrogens is 1. The standard InChI is InChI=1S/C13H16Cl2N4O3/c14-9-7-10(15)12(17-8-9)18-3-5-19(6-4-18)13(22)16-2-1-11(20)21/h7-8H,1-6H2,(H,16,22)(H,20,21). The molecule has 1 aromatic heterocycles. The van der Waals surface area contributed by atoms with E-state index in [-0.39, 0.29) is 19.0 Å². The number of carbonyl (C=O) groups excluding carboxylic acids is 1. The Kier molecular flexibility index (Phi) is 5.68. The number of hydrogen-bond acceptors (Lipinski definition) is 4. The number of hydrogen-bond donors (Lipinski definition) is 2. The summed E-state index contributed by atoms with van der Waals surface area (Å²) in [7, 11) is 0. The number of rotatable bonds is 4. The highest BCUT2D eigenvalue weighted by molar-refractivity contribution is 6.36. The van der Waals surface area contributed by atoms with Crippen LogP contribution in [0.25, 0.3) is 0 Å². The maximum absolute atomic E-state index is 11.9. The van der Waals surface area contributed by atoms with Crippen LogP contribution in [0.1, 0.15) is 6.42 Å². The average Bonchev–Trinajstić information content (AvgIpc) is 2.47. The normalized spacial score (nSPS) is 14.8.